The zero-order valence-electron chi connectivity index (χ0n) is 7.35. The number of benzene rings is 1. The molecule has 0 fully saturated rings. The van der Waals surface area contributed by atoms with Gasteiger partial charge in [0.2, 0.25) is 5.91 Å². The molecule has 1 rings (SSSR count). The lowest BCUT2D eigenvalue weighted by Crippen LogP contribution is -2.07. The first kappa shape index (κ1) is 10.7. The lowest BCUT2D eigenvalue weighted by molar-refractivity contribution is -0.114. The summed E-state index contributed by atoms with van der Waals surface area (Å²) in [4.78, 5) is 10.3. The summed E-state index contributed by atoms with van der Waals surface area (Å²) in [6.45, 7) is 1.29. The van der Waals surface area contributed by atoms with Gasteiger partial charge in [-0.05, 0) is 18.2 Å². The second-order valence-corrected chi connectivity index (χ2v) is 4.04. The summed E-state index contributed by atoms with van der Waals surface area (Å²) in [6, 6.07) is 5.17. The molecule has 0 aromatic heterocycles. The smallest absolute Gasteiger partial charge is 0.221 e. The van der Waals surface area contributed by atoms with Gasteiger partial charge >= 0.3 is 0 Å². The third-order valence-electron chi connectivity index (χ3n) is 1.44. The maximum Gasteiger partial charge on any atom is 0.221 e. The summed E-state index contributed by atoms with van der Waals surface area (Å²) >= 11 is 0. The Balaban J connectivity index is 3.08. The number of carbonyl (C=O) groups excluding carboxylic acids is 1. The van der Waals surface area contributed by atoms with Gasteiger partial charge in [0.1, 0.15) is 10.1 Å². The zero-order valence-corrected chi connectivity index (χ0v) is 8.17. The molecule has 0 aliphatic carbocycles. The van der Waals surface area contributed by atoms with Gasteiger partial charge < -0.3 is 9.87 Å². The van der Waals surface area contributed by atoms with E-state index in [1.54, 1.807) is 0 Å². The second kappa shape index (κ2) is 3.77. The molecule has 6 heteroatoms. The fourth-order valence-electron chi connectivity index (χ4n) is 0.933. The molecule has 0 spiro atoms. The predicted octanol–water partition coefficient (Wildman–Crippen LogP) is 0.549. The summed E-state index contributed by atoms with van der Waals surface area (Å²) in [6.07, 6.45) is 0. The van der Waals surface area contributed by atoms with Crippen molar-refractivity contribution in [1.82, 2.24) is 0 Å². The van der Waals surface area contributed by atoms with Gasteiger partial charge in [-0.15, -0.1) is 0 Å². The van der Waals surface area contributed by atoms with Gasteiger partial charge in [-0.1, -0.05) is 6.07 Å². The summed E-state index contributed by atoms with van der Waals surface area (Å²) in [5.74, 6) is -0.328. The molecule has 0 radical (unpaired) electrons. The molecule has 14 heavy (non-hydrogen) atoms. The number of nitrogens with one attached hydrogen (secondary N) is 1. The van der Waals surface area contributed by atoms with Crippen LogP contribution in [0.2, 0.25) is 0 Å². The lowest BCUT2D eigenvalue weighted by atomic mass is 10.3. The molecular weight excluding hydrogens is 206 g/mol. The molecule has 1 aromatic carbocycles. The van der Waals surface area contributed by atoms with Crippen LogP contribution in [0.5, 0.6) is 0 Å². The van der Waals surface area contributed by atoms with Crippen LogP contribution in [0.3, 0.4) is 0 Å². The molecule has 5 nitrogen and oxygen atoms in total. The first-order valence-electron chi connectivity index (χ1n) is 3.73. The van der Waals surface area contributed by atoms with Crippen molar-refractivity contribution in [3.05, 3.63) is 24.3 Å². The van der Waals surface area contributed by atoms with Crippen molar-refractivity contribution in [1.29, 1.82) is 0 Å². The van der Waals surface area contributed by atoms with Crippen LogP contribution in [-0.4, -0.2) is 18.9 Å². The first-order valence-corrected chi connectivity index (χ1v) is 5.14. The molecule has 0 aliphatic rings. The molecular formula is C8H8NO4S-. The minimum atomic E-state index is -4.46. The van der Waals surface area contributed by atoms with E-state index >= 15 is 0 Å². The topological polar surface area (TPSA) is 86.3 Å². The first-order chi connectivity index (χ1) is 6.39. The van der Waals surface area contributed by atoms with Gasteiger partial charge in [0, 0.05) is 12.6 Å². The number of hydrogen-bond acceptors (Lipinski definition) is 4. The Morgan fingerprint density at radius 1 is 1.43 bits per heavy atom. The van der Waals surface area contributed by atoms with Crippen molar-refractivity contribution in [2.45, 2.75) is 11.8 Å². The maximum atomic E-state index is 10.6. The van der Waals surface area contributed by atoms with Crippen LogP contribution in [0.4, 0.5) is 5.69 Å². The Morgan fingerprint density at radius 2 is 2.07 bits per heavy atom. The maximum absolute atomic E-state index is 10.6. The SMILES string of the molecule is CC(=O)Nc1cccc(S(=O)(=O)[O-])c1. The Morgan fingerprint density at radius 3 is 2.57 bits per heavy atom. The van der Waals surface area contributed by atoms with E-state index in [0.717, 1.165) is 6.07 Å². The highest BCUT2D eigenvalue weighted by Gasteiger charge is 2.02. The van der Waals surface area contributed by atoms with E-state index in [1.165, 1.54) is 25.1 Å². The molecule has 0 unspecified atom stereocenters. The van der Waals surface area contributed by atoms with Gasteiger partial charge in [0.15, 0.2) is 0 Å². The number of anilines is 1. The van der Waals surface area contributed by atoms with E-state index in [1.807, 2.05) is 0 Å². The normalized spacial score (nSPS) is 11.0. The largest absolute Gasteiger partial charge is 0.744 e. The predicted molar refractivity (Wildman–Crippen MR) is 48.7 cm³/mol. The molecule has 0 bridgehead atoms. The summed E-state index contributed by atoms with van der Waals surface area (Å²) in [7, 11) is -4.46. The van der Waals surface area contributed by atoms with Crippen LogP contribution in [-0.2, 0) is 14.9 Å². The lowest BCUT2D eigenvalue weighted by Gasteiger charge is -2.08. The van der Waals surface area contributed by atoms with Crippen LogP contribution in [0.1, 0.15) is 6.92 Å². The van der Waals surface area contributed by atoms with Gasteiger partial charge in [-0.25, -0.2) is 8.42 Å². The number of carbonyl (C=O) groups is 1. The van der Waals surface area contributed by atoms with E-state index < -0.39 is 10.1 Å². The average molecular weight is 214 g/mol. The summed E-state index contributed by atoms with van der Waals surface area (Å²) in [5.41, 5.74) is 0.287. The van der Waals surface area contributed by atoms with E-state index in [-0.39, 0.29) is 16.5 Å². The monoisotopic (exact) mass is 214 g/mol. The molecule has 76 valence electrons. The van der Waals surface area contributed by atoms with Gasteiger partial charge in [-0.3, -0.25) is 4.79 Å². The molecule has 0 aliphatic heterocycles. The van der Waals surface area contributed by atoms with Crippen molar-refractivity contribution >= 4 is 21.7 Å². The van der Waals surface area contributed by atoms with Gasteiger partial charge in [0.25, 0.3) is 0 Å². The van der Waals surface area contributed by atoms with Crippen molar-refractivity contribution in [2.24, 2.45) is 0 Å². The number of rotatable bonds is 2. The molecule has 0 saturated heterocycles. The Bertz CT molecular complexity index is 452. The van der Waals surface area contributed by atoms with Crippen molar-refractivity contribution < 1.29 is 17.8 Å². The van der Waals surface area contributed by atoms with Crippen LogP contribution in [0, 0.1) is 0 Å². The third kappa shape index (κ3) is 2.82. The van der Waals surface area contributed by atoms with E-state index in [9.17, 15) is 17.8 Å². The molecule has 1 amide bonds. The molecule has 1 aromatic rings. The quantitative estimate of drug-likeness (QED) is 0.728. The number of hydrogen-bond donors (Lipinski definition) is 1. The van der Waals surface area contributed by atoms with Gasteiger partial charge in [-0.2, -0.15) is 0 Å². The van der Waals surface area contributed by atoms with E-state index in [0.29, 0.717) is 0 Å². The van der Waals surface area contributed by atoms with Crippen LogP contribution >= 0.6 is 0 Å². The van der Waals surface area contributed by atoms with Crippen molar-refractivity contribution in [3.8, 4) is 0 Å². The van der Waals surface area contributed by atoms with Crippen LogP contribution < -0.4 is 5.32 Å². The summed E-state index contributed by atoms with van der Waals surface area (Å²) in [5, 5.41) is 2.38. The minimum Gasteiger partial charge on any atom is -0.744 e. The Kier molecular flexibility index (Phi) is 2.87. The Hall–Kier alpha value is -1.40. The van der Waals surface area contributed by atoms with Crippen molar-refractivity contribution in [3.63, 3.8) is 0 Å². The van der Waals surface area contributed by atoms with E-state index in [4.69, 9.17) is 0 Å². The fraction of sp³-hybridized carbons (Fsp3) is 0.125. The molecule has 0 saturated carbocycles. The highest BCUT2D eigenvalue weighted by molar-refractivity contribution is 7.85. The molecule has 0 heterocycles. The van der Waals surface area contributed by atoms with E-state index in [2.05, 4.69) is 5.32 Å². The third-order valence-corrected chi connectivity index (χ3v) is 2.27. The highest BCUT2D eigenvalue weighted by Crippen LogP contribution is 2.14. The molecule has 0 atom stereocenters. The second-order valence-electron chi connectivity index (χ2n) is 2.66. The average Bonchev–Trinajstić information content (AvgIpc) is 2.01. The van der Waals surface area contributed by atoms with Crippen LogP contribution in [0.25, 0.3) is 0 Å². The Labute approximate surface area is 81.5 Å². The highest BCUT2D eigenvalue weighted by atomic mass is 32.2. The van der Waals surface area contributed by atoms with Gasteiger partial charge in [0.05, 0.1) is 4.90 Å². The van der Waals surface area contributed by atoms with Crippen molar-refractivity contribution in [2.75, 3.05) is 5.32 Å². The van der Waals surface area contributed by atoms with Crippen LogP contribution in [0.15, 0.2) is 29.2 Å². The minimum absolute atomic E-state index is 0.287. The summed E-state index contributed by atoms with van der Waals surface area (Å²) < 4.78 is 31.8. The molecule has 1 N–H and O–H groups in total. The standard InChI is InChI=1S/C8H9NO4S/c1-6(10)9-7-3-2-4-8(5-7)14(11,12)13/h2-5H,1H3,(H,9,10)(H,11,12,13)/p-1. The number of amides is 1. The zero-order chi connectivity index (χ0) is 10.8. The fourth-order valence-corrected chi connectivity index (χ4v) is 1.45.